The number of rotatable bonds is 4. The van der Waals surface area contributed by atoms with Gasteiger partial charge in [-0.15, -0.1) is 0 Å². The topological polar surface area (TPSA) is 128 Å². The van der Waals surface area contributed by atoms with E-state index in [1.807, 2.05) is 0 Å². The van der Waals surface area contributed by atoms with Gasteiger partial charge in [0.15, 0.2) is 5.79 Å². The van der Waals surface area contributed by atoms with Crippen LogP contribution in [0.5, 0.6) is 0 Å². The van der Waals surface area contributed by atoms with Gasteiger partial charge in [0.2, 0.25) is 0 Å². The largest absolute Gasteiger partial charge is 0.394 e. The van der Waals surface area contributed by atoms with Crippen molar-refractivity contribution >= 4 is 11.8 Å². The molecule has 29 heavy (non-hydrogen) atoms. The Labute approximate surface area is 166 Å². The Morgan fingerprint density at radius 3 is 2.00 bits per heavy atom. The smallest absolute Gasteiger partial charge is 0.262 e. The van der Waals surface area contributed by atoms with Crippen molar-refractivity contribution in [2.24, 2.45) is 0 Å². The van der Waals surface area contributed by atoms with E-state index in [4.69, 9.17) is 4.74 Å². The zero-order valence-corrected chi connectivity index (χ0v) is 15.4. The minimum Gasteiger partial charge on any atom is -0.394 e. The van der Waals surface area contributed by atoms with Crippen LogP contribution < -0.4 is 0 Å². The molecule has 0 saturated carbocycles. The van der Waals surface area contributed by atoms with Crippen LogP contribution in [-0.2, 0) is 11.2 Å². The zero-order chi connectivity index (χ0) is 20.8. The highest BCUT2D eigenvalue weighted by Crippen LogP contribution is 2.38. The molecule has 2 heterocycles. The number of hydrogen-bond donors (Lipinski definition) is 4. The van der Waals surface area contributed by atoms with Crippen molar-refractivity contribution in [1.82, 2.24) is 4.90 Å². The van der Waals surface area contributed by atoms with Gasteiger partial charge in [-0.25, -0.2) is 0 Å². The number of ether oxygens (including phenoxy) is 1. The van der Waals surface area contributed by atoms with Crippen LogP contribution in [0.3, 0.4) is 0 Å². The van der Waals surface area contributed by atoms with Gasteiger partial charge in [0.1, 0.15) is 24.4 Å². The molecule has 2 aromatic carbocycles. The summed E-state index contributed by atoms with van der Waals surface area (Å²) in [7, 11) is 0. The number of imide groups is 1. The second kappa shape index (κ2) is 7.33. The highest BCUT2D eigenvalue weighted by Gasteiger charge is 2.59. The molecule has 0 aliphatic carbocycles. The molecule has 5 atom stereocenters. The molecule has 0 bridgehead atoms. The van der Waals surface area contributed by atoms with Gasteiger partial charge in [0.25, 0.3) is 11.8 Å². The number of aliphatic hydroxyl groups is 4. The summed E-state index contributed by atoms with van der Waals surface area (Å²) in [5.41, 5.74) is 0.910. The summed E-state index contributed by atoms with van der Waals surface area (Å²) < 4.78 is 5.58. The van der Waals surface area contributed by atoms with Crippen LogP contribution in [-0.4, -0.2) is 73.9 Å². The van der Waals surface area contributed by atoms with Crippen LogP contribution in [0.4, 0.5) is 0 Å². The Kier molecular flexibility index (Phi) is 4.97. The van der Waals surface area contributed by atoms with E-state index < -0.39 is 48.6 Å². The number of nitrogens with zero attached hydrogens (tertiary/aromatic N) is 1. The fourth-order valence-electron chi connectivity index (χ4n) is 4.07. The van der Waals surface area contributed by atoms with Gasteiger partial charge in [-0.3, -0.25) is 14.5 Å². The van der Waals surface area contributed by atoms with Crippen molar-refractivity contribution < 1.29 is 34.8 Å². The summed E-state index contributed by atoms with van der Waals surface area (Å²) in [6.07, 6.45) is -4.79. The van der Waals surface area contributed by atoms with E-state index in [1.54, 1.807) is 42.5 Å². The molecule has 152 valence electrons. The van der Waals surface area contributed by atoms with E-state index in [0.717, 1.165) is 4.90 Å². The lowest BCUT2D eigenvalue weighted by Gasteiger charge is -2.50. The average molecular weight is 399 g/mol. The molecule has 2 amide bonds. The highest BCUT2D eigenvalue weighted by atomic mass is 16.6. The molecule has 2 aliphatic rings. The first-order chi connectivity index (χ1) is 13.9. The first-order valence-electron chi connectivity index (χ1n) is 9.25. The molecule has 2 aromatic rings. The van der Waals surface area contributed by atoms with Crippen molar-refractivity contribution in [3.8, 4) is 0 Å². The standard InChI is InChI=1S/C21H21NO7/c23-11-15-16(24)17(25)18(21(28,29-15)10-12-6-2-1-3-7-12)22-19(26)13-8-4-5-9-14(13)20(22)27/h1-9,15-18,23-25,28H,10-11H2/t15-,16-,17+,18-,21?/m1/s1. The molecular weight excluding hydrogens is 378 g/mol. The summed E-state index contributed by atoms with van der Waals surface area (Å²) in [6, 6.07) is 13.3. The quantitative estimate of drug-likeness (QED) is 0.520. The third-order valence-electron chi connectivity index (χ3n) is 5.46. The number of benzene rings is 2. The predicted molar refractivity (Wildman–Crippen MR) is 99.8 cm³/mol. The summed E-state index contributed by atoms with van der Waals surface area (Å²) in [5.74, 6) is -3.61. The number of fused-ring (bicyclic) bond motifs is 1. The van der Waals surface area contributed by atoms with E-state index in [1.165, 1.54) is 12.1 Å². The lowest BCUT2D eigenvalue weighted by molar-refractivity contribution is -0.327. The third-order valence-corrected chi connectivity index (χ3v) is 5.46. The molecule has 0 radical (unpaired) electrons. The Hall–Kier alpha value is -2.62. The number of amides is 2. The summed E-state index contributed by atoms with van der Waals surface area (Å²) in [6.45, 7) is -0.663. The molecule has 0 spiro atoms. The summed E-state index contributed by atoms with van der Waals surface area (Å²) in [5, 5.41) is 42.1. The van der Waals surface area contributed by atoms with E-state index >= 15 is 0 Å². The highest BCUT2D eigenvalue weighted by molar-refractivity contribution is 6.21. The van der Waals surface area contributed by atoms with Gasteiger partial charge < -0.3 is 25.2 Å². The summed E-state index contributed by atoms with van der Waals surface area (Å²) >= 11 is 0. The van der Waals surface area contributed by atoms with Crippen LogP contribution in [0, 0.1) is 0 Å². The lowest BCUT2D eigenvalue weighted by atomic mass is 9.85. The minimum atomic E-state index is -2.22. The van der Waals surface area contributed by atoms with Crippen molar-refractivity contribution in [2.75, 3.05) is 6.61 Å². The molecule has 1 unspecified atom stereocenters. The van der Waals surface area contributed by atoms with Gasteiger partial charge >= 0.3 is 0 Å². The fourth-order valence-corrected chi connectivity index (χ4v) is 4.07. The van der Waals surface area contributed by atoms with Gasteiger partial charge in [0.05, 0.1) is 17.7 Å². The molecule has 1 saturated heterocycles. The molecule has 0 aromatic heterocycles. The van der Waals surface area contributed by atoms with E-state index in [0.29, 0.717) is 5.56 Å². The zero-order valence-electron chi connectivity index (χ0n) is 15.4. The van der Waals surface area contributed by atoms with Crippen LogP contribution >= 0.6 is 0 Å². The maximum absolute atomic E-state index is 12.9. The van der Waals surface area contributed by atoms with Crippen molar-refractivity contribution in [1.29, 1.82) is 0 Å². The molecule has 8 heteroatoms. The second-order valence-corrected chi connectivity index (χ2v) is 7.30. The third kappa shape index (κ3) is 3.15. The van der Waals surface area contributed by atoms with Crippen LogP contribution in [0.1, 0.15) is 26.3 Å². The van der Waals surface area contributed by atoms with Gasteiger partial charge in [-0.05, 0) is 17.7 Å². The Balaban J connectivity index is 1.78. The number of carbonyl (C=O) groups excluding carboxylic acids is 2. The fraction of sp³-hybridized carbons (Fsp3) is 0.333. The Bertz CT molecular complexity index is 899. The first kappa shape index (κ1) is 19.7. The molecule has 4 rings (SSSR count). The summed E-state index contributed by atoms with van der Waals surface area (Å²) in [4.78, 5) is 26.6. The van der Waals surface area contributed by atoms with Gasteiger partial charge in [-0.2, -0.15) is 0 Å². The average Bonchev–Trinajstić information content (AvgIpc) is 2.97. The monoisotopic (exact) mass is 399 g/mol. The van der Waals surface area contributed by atoms with Gasteiger partial charge in [0, 0.05) is 6.42 Å². The molecule has 1 fully saturated rings. The molecule has 8 nitrogen and oxygen atoms in total. The van der Waals surface area contributed by atoms with Crippen LogP contribution in [0.2, 0.25) is 0 Å². The van der Waals surface area contributed by atoms with E-state index in [9.17, 15) is 30.0 Å². The van der Waals surface area contributed by atoms with E-state index in [-0.39, 0.29) is 17.5 Å². The minimum absolute atomic E-state index is 0.144. The Morgan fingerprint density at radius 1 is 0.897 bits per heavy atom. The maximum atomic E-state index is 12.9. The predicted octanol–water partition coefficient (Wildman–Crippen LogP) is -0.305. The second-order valence-electron chi connectivity index (χ2n) is 7.30. The number of aliphatic hydroxyl groups excluding tert-OH is 3. The number of carbonyl (C=O) groups is 2. The van der Waals surface area contributed by atoms with Gasteiger partial charge in [-0.1, -0.05) is 42.5 Å². The van der Waals surface area contributed by atoms with Crippen LogP contribution in [0.15, 0.2) is 54.6 Å². The van der Waals surface area contributed by atoms with Crippen molar-refractivity contribution in [3.63, 3.8) is 0 Å². The molecule has 2 aliphatic heterocycles. The normalized spacial score (nSPS) is 31.8. The lowest BCUT2D eigenvalue weighted by Crippen LogP contribution is -2.71. The van der Waals surface area contributed by atoms with E-state index in [2.05, 4.69) is 0 Å². The maximum Gasteiger partial charge on any atom is 0.262 e. The van der Waals surface area contributed by atoms with Crippen LogP contribution in [0.25, 0.3) is 0 Å². The van der Waals surface area contributed by atoms with Crippen molar-refractivity contribution in [3.05, 3.63) is 71.3 Å². The number of hydrogen-bond acceptors (Lipinski definition) is 7. The Morgan fingerprint density at radius 2 is 1.45 bits per heavy atom. The first-order valence-corrected chi connectivity index (χ1v) is 9.25. The SMILES string of the molecule is O=C1c2ccccc2C(=O)N1[C@@H]1[C@@H](O)[C@H](O)[C@@H](CO)OC1(O)Cc1ccccc1. The molecule has 4 N–H and O–H groups in total. The molecular formula is C21H21NO7. The van der Waals surface area contributed by atoms with Crippen molar-refractivity contribution in [2.45, 2.75) is 36.6 Å².